The first-order valence-electron chi connectivity index (χ1n) is 2.59. The second kappa shape index (κ2) is 5.63. The lowest BCUT2D eigenvalue weighted by Crippen LogP contribution is -2.05. The largest absolute Gasteiger partial charge is 0.459 e. The summed E-state index contributed by atoms with van der Waals surface area (Å²) in [5.74, 6) is -0.506. The Morgan fingerprint density at radius 3 is 2.90 bits per heavy atom. The first-order valence-corrected chi connectivity index (χ1v) is 2.59. The molecule has 0 aliphatic carbocycles. The van der Waals surface area contributed by atoms with Crippen molar-refractivity contribution in [1.82, 2.24) is 0 Å². The molecule has 0 N–H and O–H groups in total. The highest BCUT2D eigenvalue weighted by Crippen LogP contribution is 1.80. The lowest BCUT2D eigenvalue weighted by Gasteiger charge is -1.94. The van der Waals surface area contributed by atoms with E-state index in [0.29, 0.717) is 0 Å². The number of hydrogen-bond donors (Lipinski definition) is 0. The Morgan fingerprint density at radius 2 is 2.40 bits per heavy atom. The van der Waals surface area contributed by atoms with Crippen LogP contribution in [0.2, 0.25) is 0 Å². The Balaban J connectivity index is 3.13. The van der Waals surface area contributed by atoms with Crippen molar-refractivity contribution in [2.75, 3.05) is 13.2 Å². The van der Waals surface area contributed by atoms with E-state index in [1.54, 1.807) is 0 Å². The fraction of sp³-hybridized carbons (Fsp3) is 0.333. The summed E-state index contributed by atoms with van der Waals surface area (Å²) in [4.78, 5) is 14.5. The minimum Gasteiger partial charge on any atom is -0.459 e. The first kappa shape index (κ1) is 8.50. The van der Waals surface area contributed by atoms with Crippen LogP contribution in [0, 0.1) is 6.57 Å². The zero-order valence-electron chi connectivity index (χ0n) is 5.37. The van der Waals surface area contributed by atoms with E-state index < -0.39 is 5.97 Å². The number of hydrogen-bond acceptors (Lipinski definition) is 3. The van der Waals surface area contributed by atoms with Gasteiger partial charge in [-0.05, 0) is 5.01 Å². The minimum absolute atomic E-state index is 0.0905. The first-order chi connectivity index (χ1) is 4.81. The molecule has 4 nitrogen and oxygen atoms in total. The van der Waals surface area contributed by atoms with Gasteiger partial charge in [0.1, 0.15) is 6.61 Å². The molecule has 0 aromatic heterocycles. The molecule has 0 amide bonds. The molecule has 0 saturated carbocycles. The van der Waals surface area contributed by atoms with Crippen LogP contribution in [0.3, 0.4) is 0 Å². The van der Waals surface area contributed by atoms with Gasteiger partial charge in [0, 0.05) is 6.08 Å². The topological polar surface area (TPSA) is 39.9 Å². The Morgan fingerprint density at radius 1 is 1.70 bits per heavy atom. The maximum atomic E-state index is 10.3. The third-order valence-corrected chi connectivity index (χ3v) is 0.650. The maximum Gasteiger partial charge on any atom is 0.330 e. The predicted octanol–water partition coefficient (Wildman–Crippen LogP) is 0.566. The molecule has 0 radical (unpaired) electrons. The summed E-state index contributed by atoms with van der Waals surface area (Å²) < 4.78 is 4.47. The maximum absolute atomic E-state index is 10.3. The molecule has 0 aliphatic heterocycles. The van der Waals surface area contributed by atoms with Gasteiger partial charge < -0.3 is 4.74 Å². The normalized spacial score (nSPS) is 7.50. The van der Waals surface area contributed by atoms with Gasteiger partial charge in [0.25, 0.3) is 0 Å². The summed E-state index contributed by atoms with van der Waals surface area (Å²) in [5.41, 5.74) is 0. The predicted molar refractivity (Wildman–Crippen MR) is 33.7 cm³/mol. The van der Waals surface area contributed by atoms with Gasteiger partial charge in [-0.25, -0.2) is 4.79 Å². The number of rotatable bonds is 4. The summed E-state index contributed by atoms with van der Waals surface area (Å²) in [7, 11) is 0. The van der Waals surface area contributed by atoms with Gasteiger partial charge in [0.05, 0.1) is 0 Å². The van der Waals surface area contributed by atoms with Gasteiger partial charge in [0.2, 0.25) is 6.61 Å². The zero-order chi connectivity index (χ0) is 7.82. The summed E-state index contributed by atoms with van der Waals surface area (Å²) >= 11 is 0. The second-order valence-electron chi connectivity index (χ2n) is 1.30. The Labute approximate surface area is 58.8 Å². The summed E-state index contributed by atoms with van der Waals surface area (Å²) in [6, 6.07) is 0. The van der Waals surface area contributed by atoms with E-state index in [9.17, 15) is 4.79 Å². The third kappa shape index (κ3) is 4.65. The van der Waals surface area contributed by atoms with Crippen molar-refractivity contribution >= 4 is 5.97 Å². The molecule has 4 heteroatoms. The average molecular weight is 141 g/mol. The molecule has 0 fully saturated rings. The number of ether oxygens (including phenoxy) is 1. The van der Waals surface area contributed by atoms with E-state index in [4.69, 9.17) is 6.57 Å². The molecular weight excluding hydrogens is 134 g/mol. The lowest BCUT2D eigenvalue weighted by atomic mass is 10.6. The Bertz CT molecular complexity index is 159. The molecular formula is C6H7NO3. The van der Waals surface area contributed by atoms with Crippen LogP contribution in [0.1, 0.15) is 0 Å². The SMILES string of the molecule is [C-]#[N+]OCCOC(=O)C=C. The Kier molecular flexibility index (Phi) is 4.79. The van der Waals surface area contributed by atoms with E-state index in [1.807, 2.05) is 0 Å². The summed E-state index contributed by atoms with van der Waals surface area (Å²) in [6.45, 7) is 9.55. The van der Waals surface area contributed by atoms with Gasteiger partial charge in [-0.1, -0.05) is 6.58 Å². The van der Waals surface area contributed by atoms with Crippen LogP contribution in [0.15, 0.2) is 12.7 Å². The highest BCUT2D eigenvalue weighted by Gasteiger charge is 1.94. The number of nitrogens with zero attached hydrogens (tertiary/aromatic N) is 1. The molecule has 0 atom stereocenters. The van der Waals surface area contributed by atoms with Gasteiger partial charge in [0.15, 0.2) is 0 Å². The van der Waals surface area contributed by atoms with Crippen molar-refractivity contribution in [3.63, 3.8) is 0 Å². The van der Waals surface area contributed by atoms with Crippen LogP contribution in [0.4, 0.5) is 0 Å². The smallest absolute Gasteiger partial charge is 0.330 e. The lowest BCUT2D eigenvalue weighted by molar-refractivity contribution is -0.138. The number of carbonyl (C=O) groups excluding carboxylic acids is 1. The van der Waals surface area contributed by atoms with E-state index in [1.165, 1.54) is 0 Å². The van der Waals surface area contributed by atoms with Crippen molar-refractivity contribution in [2.24, 2.45) is 0 Å². The van der Waals surface area contributed by atoms with Crippen molar-refractivity contribution in [2.45, 2.75) is 0 Å². The molecule has 0 aromatic carbocycles. The van der Waals surface area contributed by atoms with E-state index in [2.05, 4.69) is 21.2 Å². The van der Waals surface area contributed by atoms with Crippen molar-refractivity contribution in [3.8, 4) is 0 Å². The molecule has 0 unspecified atom stereocenters. The molecule has 10 heavy (non-hydrogen) atoms. The molecule has 0 aromatic rings. The number of carbonyl (C=O) groups is 1. The fourth-order valence-electron chi connectivity index (χ4n) is 0.284. The quantitative estimate of drug-likeness (QED) is 0.189. The highest BCUT2D eigenvalue weighted by atomic mass is 16.6. The Hall–Kier alpha value is -1.50. The molecule has 0 heterocycles. The standard InChI is InChI=1S/C6H7NO3/c1-3-6(8)9-4-5-10-7-2/h3H,1,4-5H2. The van der Waals surface area contributed by atoms with Gasteiger partial charge >= 0.3 is 5.97 Å². The highest BCUT2D eigenvalue weighted by molar-refractivity contribution is 5.81. The van der Waals surface area contributed by atoms with Gasteiger partial charge in [-0.15, -0.1) is 0 Å². The van der Waals surface area contributed by atoms with Gasteiger partial charge in [-0.2, -0.15) is 11.4 Å². The molecule has 0 spiro atoms. The van der Waals surface area contributed by atoms with Gasteiger partial charge in [-0.3, -0.25) is 0 Å². The van der Waals surface area contributed by atoms with Crippen LogP contribution < -0.4 is 0 Å². The van der Waals surface area contributed by atoms with E-state index in [-0.39, 0.29) is 13.2 Å². The monoisotopic (exact) mass is 141 g/mol. The van der Waals surface area contributed by atoms with Crippen molar-refractivity contribution in [3.05, 3.63) is 24.2 Å². The van der Waals surface area contributed by atoms with Crippen LogP contribution in [0.25, 0.3) is 5.01 Å². The molecule has 0 rings (SSSR count). The van der Waals surface area contributed by atoms with Crippen LogP contribution in [-0.2, 0) is 14.4 Å². The van der Waals surface area contributed by atoms with Crippen LogP contribution in [0.5, 0.6) is 0 Å². The summed E-state index contributed by atoms with van der Waals surface area (Å²) in [6.07, 6.45) is 1.05. The zero-order valence-corrected chi connectivity index (χ0v) is 5.37. The fourth-order valence-corrected chi connectivity index (χ4v) is 0.284. The molecule has 0 saturated heterocycles. The number of esters is 1. The molecule has 54 valence electrons. The van der Waals surface area contributed by atoms with Crippen LogP contribution >= 0.6 is 0 Å². The third-order valence-electron chi connectivity index (χ3n) is 0.650. The molecule has 0 bridgehead atoms. The van der Waals surface area contributed by atoms with Crippen molar-refractivity contribution in [1.29, 1.82) is 0 Å². The summed E-state index contributed by atoms with van der Waals surface area (Å²) in [5, 5.41) is 2.59. The molecule has 0 aliphatic rings. The van der Waals surface area contributed by atoms with E-state index >= 15 is 0 Å². The van der Waals surface area contributed by atoms with Crippen LogP contribution in [-0.4, -0.2) is 19.2 Å². The van der Waals surface area contributed by atoms with Crippen molar-refractivity contribution < 1.29 is 14.4 Å². The second-order valence-corrected chi connectivity index (χ2v) is 1.30. The average Bonchev–Trinajstić information content (AvgIpc) is 1.98. The minimum atomic E-state index is -0.506. The van der Waals surface area contributed by atoms with E-state index in [0.717, 1.165) is 6.08 Å².